The molecule has 2 N–H and O–H groups in total. The van der Waals surface area contributed by atoms with Crippen molar-refractivity contribution in [3.05, 3.63) is 63.8 Å². The summed E-state index contributed by atoms with van der Waals surface area (Å²) in [5.41, 5.74) is 5.45. The summed E-state index contributed by atoms with van der Waals surface area (Å²) in [5, 5.41) is 14.5. The second kappa shape index (κ2) is 6.97. The molecule has 6 heteroatoms. The minimum Gasteiger partial charge on any atom is -0.339 e. The van der Waals surface area contributed by atoms with Gasteiger partial charge >= 0.3 is 0 Å². The van der Waals surface area contributed by atoms with Gasteiger partial charge in [0.1, 0.15) is 0 Å². The van der Waals surface area contributed by atoms with Crippen LogP contribution in [0.2, 0.25) is 0 Å². The van der Waals surface area contributed by atoms with E-state index >= 15 is 0 Å². The van der Waals surface area contributed by atoms with Gasteiger partial charge in [0.2, 0.25) is 5.95 Å². The number of aromatic nitrogens is 3. The third-order valence-corrected chi connectivity index (χ3v) is 4.34. The molecule has 1 aromatic heterocycles. The average molecular weight is 384 g/mol. The molecule has 0 aliphatic carbocycles. The van der Waals surface area contributed by atoms with Gasteiger partial charge in [-0.15, -0.1) is 5.10 Å². The Labute approximate surface area is 149 Å². The van der Waals surface area contributed by atoms with Crippen LogP contribution < -0.4 is 10.6 Å². The molecule has 0 unspecified atom stereocenters. The molecule has 0 radical (unpaired) electrons. The Morgan fingerprint density at radius 3 is 2.33 bits per heavy atom. The van der Waals surface area contributed by atoms with Gasteiger partial charge in [0.25, 0.3) is 0 Å². The first-order chi connectivity index (χ1) is 11.5. The molecule has 3 aromatic rings. The number of halogens is 1. The van der Waals surface area contributed by atoms with Crippen LogP contribution in [0.25, 0.3) is 0 Å². The first kappa shape index (κ1) is 16.4. The minimum atomic E-state index is 0.445. The van der Waals surface area contributed by atoms with E-state index in [1.54, 1.807) is 6.20 Å². The zero-order valence-corrected chi connectivity index (χ0v) is 15.3. The van der Waals surface area contributed by atoms with Gasteiger partial charge in [-0.25, -0.2) is 0 Å². The highest BCUT2D eigenvalue weighted by Crippen LogP contribution is 2.23. The van der Waals surface area contributed by atoms with Crippen molar-refractivity contribution in [3.8, 4) is 0 Å². The number of hydrogen-bond donors (Lipinski definition) is 2. The van der Waals surface area contributed by atoms with Crippen molar-refractivity contribution >= 4 is 39.1 Å². The molecule has 3 rings (SSSR count). The van der Waals surface area contributed by atoms with Gasteiger partial charge in [-0.2, -0.15) is 10.1 Å². The van der Waals surface area contributed by atoms with Gasteiger partial charge in [0.15, 0.2) is 5.82 Å². The molecule has 1 heterocycles. The number of aryl methyl sites for hydroxylation is 3. The lowest BCUT2D eigenvalue weighted by Crippen LogP contribution is -2.02. The predicted octanol–water partition coefficient (Wildman–Crippen LogP) is 5.05. The monoisotopic (exact) mass is 383 g/mol. The maximum atomic E-state index is 4.46. The van der Waals surface area contributed by atoms with E-state index in [4.69, 9.17) is 0 Å². The first-order valence-corrected chi connectivity index (χ1v) is 8.37. The maximum absolute atomic E-state index is 4.46. The van der Waals surface area contributed by atoms with Crippen molar-refractivity contribution in [1.82, 2.24) is 15.2 Å². The van der Waals surface area contributed by atoms with Crippen LogP contribution in [0.1, 0.15) is 16.7 Å². The maximum Gasteiger partial charge on any atom is 0.249 e. The van der Waals surface area contributed by atoms with Crippen molar-refractivity contribution in [2.45, 2.75) is 20.8 Å². The van der Waals surface area contributed by atoms with E-state index in [1.807, 2.05) is 25.1 Å². The van der Waals surface area contributed by atoms with Crippen LogP contribution in [0.4, 0.5) is 23.1 Å². The molecule has 0 fully saturated rings. The Balaban J connectivity index is 1.79. The van der Waals surface area contributed by atoms with Crippen molar-refractivity contribution in [2.75, 3.05) is 10.6 Å². The zero-order chi connectivity index (χ0) is 17.1. The summed E-state index contributed by atoms with van der Waals surface area (Å²) in [6.07, 6.45) is 1.61. The third kappa shape index (κ3) is 4.08. The number of benzene rings is 2. The SMILES string of the molecule is Cc1cc(C)cc(Nc2cnnc(Nc3ccc(C)c(Br)c3)n2)c1. The molecule has 0 aliphatic heterocycles. The predicted molar refractivity (Wildman–Crippen MR) is 101 cm³/mol. The Hall–Kier alpha value is -2.47. The van der Waals surface area contributed by atoms with E-state index in [-0.39, 0.29) is 0 Å². The van der Waals surface area contributed by atoms with Crippen LogP contribution in [0.3, 0.4) is 0 Å². The van der Waals surface area contributed by atoms with E-state index < -0.39 is 0 Å². The first-order valence-electron chi connectivity index (χ1n) is 7.58. The molecular weight excluding hydrogens is 366 g/mol. The summed E-state index contributed by atoms with van der Waals surface area (Å²) in [7, 11) is 0. The fourth-order valence-corrected chi connectivity index (χ4v) is 2.79. The summed E-state index contributed by atoms with van der Waals surface area (Å²) >= 11 is 3.52. The van der Waals surface area contributed by atoms with Crippen LogP contribution in [-0.4, -0.2) is 15.2 Å². The standard InChI is InChI=1S/C18H18BrN5/c1-11-6-12(2)8-15(7-11)21-17-10-20-24-18(23-17)22-14-5-4-13(3)16(19)9-14/h4-10H,1-3H3,(H2,21,22,23,24). The molecule has 2 aromatic carbocycles. The van der Waals surface area contributed by atoms with E-state index in [0.29, 0.717) is 11.8 Å². The largest absolute Gasteiger partial charge is 0.339 e. The van der Waals surface area contributed by atoms with E-state index in [2.05, 4.69) is 73.8 Å². The quantitative estimate of drug-likeness (QED) is 0.659. The smallest absolute Gasteiger partial charge is 0.249 e. The van der Waals surface area contributed by atoms with Gasteiger partial charge in [-0.05, 0) is 61.7 Å². The molecule has 5 nitrogen and oxygen atoms in total. The van der Waals surface area contributed by atoms with Crippen molar-refractivity contribution in [3.63, 3.8) is 0 Å². The van der Waals surface area contributed by atoms with Gasteiger partial charge in [-0.3, -0.25) is 0 Å². The van der Waals surface area contributed by atoms with Crippen LogP contribution >= 0.6 is 15.9 Å². The lowest BCUT2D eigenvalue weighted by molar-refractivity contribution is 0.982. The number of hydrogen-bond acceptors (Lipinski definition) is 5. The molecule has 0 aliphatic rings. The lowest BCUT2D eigenvalue weighted by Gasteiger charge is -2.09. The zero-order valence-electron chi connectivity index (χ0n) is 13.8. The highest BCUT2D eigenvalue weighted by Gasteiger charge is 2.04. The van der Waals surface area contributed by atoms with Crippen molar-refractivity contribution in [2.24, 2.45) is 0 Å². The van der Waals surface area contributed by atoms with Crippen LogP contribution in [0, 0.1) is 20.8 Å². The second-order valence-corrected chi connectivity index (χ2v) is 6.61. The Morgan fingerprint density at radius 2 is 1.62 bits per heavy atom. The summed E-state index contributed by atoms with van der Waals surface area (Å²) < 4.78 is 1.03. The minimum absolute atomic E-state index is 0.445. The number of anilines is 4. The molecule has 0 saturated heterocycles. The van der Waals surface area contributed by atoms with Crippen molar-refractivity contribution < 1.29 is 0 Å². The molecule has 122 valence electrons. The summed E-state index contributed by atoms with van der Waals surface area (Å²) in [5.74, 6) is 1.09. The Morgan fingerprint density at radius 1 is 0.875 bits per heavy atom. The van der Waals surface area contributed by atoms with Gasteiger partial charge < -0.3 is 10.6 Å². The summed E-state index contributed by atoms with van der Waals surface area (Å²) in [4.78, 5) is 4.46. The Bertz CT molecular complexity index is 859. The molecule has 0 amide bonds. The van der Waals surface area contributed by atoms with Gasteiger partial charge in [-0.1, -0.05) is 28.1 Å². The van der Waals surface area contributed by atoms with E-state index in [1.165, 1.54) is 16.7 Å². The molecule has 0 saturated carbocycles. The van der Waals surface area contributed by atoms with E-state index in [9.17, 15) is 0 Å². The molecule has 0 bridgehead atoms. The Kier molecular flexibility index (Phi) is 4.76. The average Bonchev–Trinajstić information content (AvgIpc) is 2.50. The number of rotatable bonds is 4. The number of nitrogens with one attached hydrogen (secondary N) is 2. The second-order valence-electron chi connectivity index (χ2n) is 5.76. The fraction of sp³-hybridized carbons (Fsp3) is 0.167. The molecule has 0 spiro atoms. The van der Waals surface area contributed by atoms with E-state index in [0.717, 1.165) is 15.8 Å². The van der Waals surface area contributed by atoms with Gasteiger partial charge in [0, 0.05) is 15.8 Å². The highest BCUT2D eigenvalue weighted by atomic mass is 79.9. The van der Waals surface area contributed by atoms with Crippen molar-refractivity contribution in [1.29, 1.82) is 0 Å². The number of nitrogens with zero attached hydrogens (tertiary/aromatic N) is 3. The summed E-state index contributed by atoms with van der Waals surface area (Å²) in [6.45, 7) is 6.18. The van der Waals surface area contributed by atoms with Crippen LogP contribution in [0.15, 0.2) is 47.1 Å². The topological polar surface area (TPSA) is 62.7 Å². The third-order valence-electron chi connectivity index (χ3n) is 3.48. The van der Waals surface area contributed by atoms with Crippen LogP contribution in [0.5, 0.6) is 0 Å². The van der Waals surface area contributed by atoms with Gasteiger partial charge in [0.05, 0.1) is 6.20 Å². The molecule has 24 heavy (non-hydrogen) atoms. The lowest BCUT2D eigenvalue weighted by atomic mass is 10.1. The highest BCUT2D eigenvalue weighted by molar-refractivity contribution is 9.10. The summed E-state index contributed by atoms with van der Waals surface area (Å²) in [6, 6.07) is 12.3. The molecule has 0 atom stereocenters. The molecular formula is C18H18BrN5. The fourth-order valence-electron chi connectivity index (χ4n) is 2.41. The normalized spacial score (nSPS) is 10.5. The van der Waals surface area contributed by atoms with Crippen LogP contribution in [-0.2, 0) is 0 Å².